The van der Waals surface area contributed by atoms with Crippen LogP contribution >= 0.6 is 0 Å². The molecular weight excluding hydrogens is 332 g/mol. The summed E-state index contributed by atoms with van der Waals surface area (Å²) in [5.74, 6) is 1.89. The number of nitrogens with zero attached hydrogens (tertiary/aromatic N) is 2. The summed E-state index contributed by atoms with van der Waals surface area (Å²) < 4.78 is 10.9. The predicted molar refractivity (Wildman–Crippen MR) is 98.2 cm³/mol. The van der Waals surface area contributed by atoms with Crippen LogP contribution in [-0.4, -0.2) is 61.5 Å². The fourth-order valence-electron chi connectivity index (χ4n) is 3.75. The van der Waals surface area contributed by atoms with Gasteiger partial charge in [0.1, 0.15) is 0 Å². The molecule has 0 spiro atoms. The van der Waals surface area contributed by atoms with Gasteiger partial charge in [-0.1, -0.05) is 25.0 Å². The highest BCUT2D eigenvalue weighted by Gasteiger charge is 2.30. The Morgan fingerprint density at radius 2 is 1.62 bits per heavy atom. The van der Waals surface area contributed by atoms with E-state index in [1.54, 1.807) is 7.11 Å². The maximum atomic E-state index is 12.5. The summed E-state index contributed by atoms with van der Waals surface area (Å²) in [7, 11) is 1.60. The minimum atomic E-state index is 0.0767. The molecule has 1 heterocycles. The second-order valence-electron chi connectivity index (χ2n) is 6.94. The fraction of sp³-hybridized carbons (Fsp3) is 0.600. The van der Waals surface area contributed by atoms with Crippen LogP contribution in [0, 0.1) is 5.92 Å². The number of carbonyl (C=O) groups excluding carboxylic acids is 2. The van der Waals surface area contributed by atoms with Gasteiger partial charge in [-0.3, -0.25) is 9.59 Å². The van der Waals surface area contributed by atoms with Crippen molar-refractivity contribution < 1.29 is 19.1 Å². The number of ether oxygens (including phenoxy) is 2. The average molecular weight is 360 g/mol. The Labute approximate surface area is 155 Å². The van der Waals surface area contributed by atoms with Crippen molar-refractivity contribution in [2.45, 2.75) is 32.1 Å². The minimum Gasteiger partial charge on any atom is -0.493 e. The monoisotopic (exact) mass is 360 g/mol. The Kier molecular flexibility index (Phi) is 6.36. The van der Waals surface area contributed by atoms with Crippen molar-refractivity contribution in [2.75, 3.05) is 39.9 Å². The van der Waals surface area contributed by atoms with E-state index in [0.717, 1.165) is 12.8 Å². The summed E-state index contributed by atoms with van der Waals surface area (Å²) in [4.78, 5) is 28.6. The molecule has 0 radical (unpaired) electrons. The summed E-state index contributed by atoms with van der Waals surface area (Å²) in [5, 5.41) is 0. The van der Waals surface area contributed by atoms with E-state index in [1.807, 2.05) is 34.1 Å². The van der Waals surface area contributed by atoms with Crippen LogP contribution in [0.4, 0.5) is 0 Å². The lowest BCUT2D eigenvalue weighted by atomic mass is 10.1. The van der Waals surface area contributed by atoms with Gasteiger partial charge >= 0.3 is 0 Å². The molecule has 1 aliphatic heterocycles. The molecule has 26 heavy (non-hydrogen) atoms. The van der Waals surface area contributed by atoms with Gasteiger partial charge in [0.25, 0.3) is 0 Å². The quantitative estimate of drug-likeness (QED) is 0.781. The van der Waals surface area contributed by atoms with Crippen LogP contribution in [-0.2, 0) is 9.59 Å². The molecule has 0 unspecified atom stereocenters. The number of hydrogen-bond acceptors (Lipinski definition) is 4. The number of rotatable bonds is 6. The predicted octanol–water partition coefficient (Wildman–Crippen LogP) is 2.33. The summed E-state index contributed by atoms with van der Waals surface area (Å²) in [6.07, 6.45) is 4.72. The lowest BCUT2D eigenvalue weighted by Gasteiger charge is -2.36. The SMILES string of the molecule is COc1ccccc1OCCC(=O)N1CCN(C(=O)C2CCCC2)CC1. The third kappa shape index (κ3) is 4.48. The molecule has 6 heteroatoms. The maximum absolute atomic E-state index is 12.5. The largest absolute Gasteiger partial charge is 0.493 e. The number of piperazine rings is 1. The number of carbonyl (C=O) groups is 2. The lowest BCUT2D eigenvalue weighted by Crippen LogP contribution is -2.51. The molecule has 2 amide bonds. The van der Waals surface area contributed by atoms with Crippen LogP contribution in [0.25, 0.3) is 0 Å². The third-order valence-electron chi connectivity index (χ3n) is 5.29. The van der Waals surface area contributed by atoms with Crippen molar-refractivity contribution in [3.63, 3.8) is 0 Å². The van der Waals surface area contributed by atoms with Gasteiger partial charge in [-0.25, -0.2) is 0 Å². The first kappa shape index (κ1) is 18.5. The highest BCUT2D eigenvalue weighted by Crippen LogP contribution is 2.27. The highest BCUT2D eigenvalue weighted by molar-refractivity contribution is 5.80. The van der Waals surface area contributed by atoms with Crippen molar-refractivity contribution in [1.29, 1.82) is 0 Å². The number of methoxy groups -OCH3 is 1. The van der Waals surface area contributed by atoms with Gasteiger partial charge in [0, 0.05) is 32.1 Å². The van der Waals surface area contributed by atoms with Gasteiger partial charge in [-0.15, -0.1) is 0 Å². The number of amides is 2. The zero-order valence-corrected chi connectivity index (χ0v) is 15.5. The fourth-order valence-corrected chi connectivity index (χ4v) is 3.75. The smallest absolute Gasteiger partial charge is 0.226 e. The molecule has 6 nitrogen and oxygen atoms in total. The maximum Gasteiger partial charge on any atom is 0.226 e. The van der Waals surface area contributed by atoms with Gasteiger partial charge < -0.3 is 19.3 Å². The molecule has 1 aromatic carbocycles. The second kappa shape index (κ2) is 8.92. The Morgan fingerprint density at radius 3 is 2.27 bits per heavy atom. The van der Waals surface area contributed by atoms with Gasteiger partial charge in [-0.2, -0.15) is 0 Å². The van der Waals surface area contributed by atoms with Crippen LogP contribution in [0.15, 0.2) is 24.3 Å². The van der Waals surface area contributed by atoms with E-state index in [2.05, 4.69) is 0 Å². The average Bonchev–Trinajstić information content (AvgIpc) is 3.22. The lowest BCUT2D eigenvalue weighted by molar-refractivity contribution is -0.142. The van der Waals surface area contributed by atoms with Crippen molar-refractivity contribution in [3.05, 3.63) is 24.3 Å². The molecule has 0 bridgehead atoms. The van der Waals surface area contributed by atoms with E-state index < -0.39 is 0 Å². The van der Waals surface area contributed by atoms with Gasteiger partial charge in [0.2, 0.25) is 11.8 Å². The molecule has 1 saturated heterocycles. The Morgan fingerprint density at radius 1 is 1.00 bits per heavy atom. The zero-order chi connectivity index (χ0) is 18.4. The molecule has 142 valence electrons. The Balaban J connectivity index is 1.40. The highest BCUT2D eigenvalue weighted by atomic mass is 16.5. The second-order valence-corrected chi connectivity index (χ2v) is 6.94. The van der Waals surface area contributed by atoms with E-state index >= 15 is 0 Å². The standard InChI is InChI=1S/C20H28N2O4/c1-25-17-8-4-5-9-18(17)26-15-10-19(23)21-11-13-22(14-12-21)20(24)16-6-2-3-7-16/h4-5,8-9,16H,2-3,6-7,10-15H2,1H3. The Hall–Kier alpha value is -2.24. The summed E-state index contributed by atoms with van der Waals surface area (Å²) in [6.45, 7) is 2.85. The molecule has 1 saturated carbocycles. The number of benzene rings is 1. The molecule has 1 aliphatic carbocycles. The van der Waals surface area contributed by atoms with Crippen molar-refractivity contribution in [2.24, 2.45) is 5.92 Å². The first-order valence-electron chi connectivity index (χ1n) is 9.51. The van der Waals surface area contributed by atoms with Crippen LogP contribution in [0.1, 0.15) is 32.1 Å². The topological polar surface area (TPSA) is 59.1 Å². The zero-order valence-electron chi connectivity index (χ0n) is 15.5. The van der Waals surface area contributed by atoms with Crippen LogP contribution in [0.2, 0.25) is 0 Å². The van der Waals surface area contributed by atoms with E-state index in [1.165, 1.54) is 12.8 Å². The molecular formula is C20H28N2O4. The van der Waals surface area contributed by atoms with Gasteiger partial charge in [0.15, 0.2) is 11.5 Å². The van der Waals surface area contributed by atoms with Crippen molar-refractivity contribution in [1.82, 2.24) is 9.80 Å². The summed E-state index contributed by atoms with van der Waals surface area (Å²) >= 11 is 0. The van der Waals surface area contributed by atoms with Crippen molar-refractivity contribution >= 4 is 11.8 Å². The minimum absolute atomic E-state index is 0.0767. The molecule has 1 aromatic rings. The van der Waals surface area contributed by atoms with Gasteiger partial charge in [0.05, 0.1) is 20.1 Å². The normalized spacial score (nSPS) is 18.0. The van der Waals surface area contributed by atoms with Crippen LogP contribution < -0.4 is 9.47 Å². The third-order valence-corrected chi connectivity index (χ3v) is 5.29. The molecule has 0 N–H and O–H groups in total. The molecule has 0 atom stereocenters. The van der Waals surface area contributed by atoms with Crippen LogP contribution in [0.3, 0.4) is 0 Å². The van der Waals surface area contributed by atoms with E-state index in [0.29, 0.717) is 50.7 Å². The van der Waals surface area contributed by atoms with Gasteiger partial charge in [-0.05, 0) is 25.0 Å². The van der Waals surface area contributed by atoms with E-state index in [-0.39, 0.29) is 17.7 Å². The van der Waals surface area contributed by atoms with E-state index in [4.69, 9.17) is 9.47 Å². The molecule has 2 fully saturated rings. The molecule has 2 aliphatic rings. The molecule has 3 rings (SSSR count). The van der Waals surface area contributed by atoms with Crippen molar-refractivity contribution in [3.8, 4) is 11.5 Å². The first-order chi connectivity index (χ1) is 12.7. The molecule has 0 aromatic heterocycles. The first-order valence-corrected chi connectivity index (χ1v) is 9.51. The van der Waals surface area contributed by atoms with E-state index in [9.17, 15) is 9.59 Å². The Bertz CT molecular complexity index is 620. The van der Waals surface area contributed by atoms with Crippen LogP contribution in [0.5, 0.6) is 11.5 Å². The number of para-hydroxylation sites is 2. The number of hydrogen-bond donors (Lipinski definition) is 0. The summed E-state index contributed by atoms with van der Waals surface area (Å²) in [5.41, 5.74) is 0. The summed E-state index contributed by atoms with van der Waals surface area (Å²) in [6, 6.07) is 7.41.